The SMILES string of the molecule is Cc1cc(C)n(-c2cc(F)c(Br)cc2[N+](=O)[O-])n1. The second kappa shape index (κ2) is 4.49. The molecule has 1 aromatic carbocycles. The minimum Gasteiger partial charge on any atom is -0.258 e. The minimum absolute atomic E-state index is 0.0551. The molecule has 0 aliphatic heterocycles. The Morgan fingerprint density at radius 1 is 1.39 bits per heavy atom. The third-order valence-electron chi connectivity index (χ3n) is 2.45. The summed E-state index contributed by atoms with van der Waals surface area (Å²) in [4.78, 5) is 10.4. The molecule has 0 radical (unpaired) electrons. The van der Waals surface area contributed by atoms with Gasteiger partial charge in [-0.3, -0.25) is 10.1 Å². The maximum Gasteiger partial charge on any atom is 0.296 e. The van der Waals surface area contributed by atoms with Crippen LogP contribution in [0.4, 0.5) is 10.1 Å². The molecule has 94 valence electrons. The van der Waals surface area contributed by atoms with Gasteiger partial charge in [0.25, 0.3) is 5.69 Å². The van der Waals surface area contributed by atoms with E-state index < -0.39 is 10.7 Å². The van der Waals surface area contributed by atoms with Crippen LogP contribution in [0.1, 0.15) is 11.4 Å². The molecule has 0 saturated heterocycles. The number of nitro groups is 1. The van der Waals surface area contributed by atoms with Gasteiger partial charge in [-0.2, -0.15) is 5.10 Å². The van der Waals surface area contributed by atoms with Crippen LogP contribution in [0.5, 0.6) is 0 Å². The van der Waals surface area contributed by atoms with Crippen LogP contribution in [0.3, 0.4) is 0 Å². The van der Waals surface area contributed by atoms with Crippen molar-refractivity contribution in [1.29, 1.82) is 0 Å². The fourth-order valence-corrected chi connectivity index (χ4v) is 2.05. The Hall–Kier alpha value is -1.76. The van der Waals surface area contributed by atoms with Gasteiger partial charge in [0.05, 0.1) is 15.1 Å². The van der Waals surface area contributed by atoms with Crippen molar-refractivity contribution >= 4 is 21.6 Å². The lowest BCUT2D eigenvalue weighted by atomic mass is 10.2. The second-order valence-corrected chi connectivity index (χ2v) is 4.71. The fourth-order valence-electron chi connectivity index (χ4n) is 1.71. The highest BCUT2D eigenvalue weighted by molar-refractivity contribution is 9.10. The molecule has 1 aromatic heterocycles. The average Bonchev–Trinajstić information content (AvgIpc) is 2.61. The summed E-state index contributed by atoms with van der Waals surface area (Å²) in [7, 11) is 0. The predicted molar refractivity (Wildman–Crippen MR) is 67.4 cm³/mol. The molecule has 0 saturated carbocycles. The van der Waals surface area contributed by atoms with Crippen LogP contribution in [0.15, 0.2) is 22.7 Å². The van der Waals surface area contributed by atoms with Crippen LogP contribution in [0.2, 0.25) is 0 Å². The molecule has 0 amide bonds. The number of nitro benzene ring substituents is 1. The normalized spacial score (nSPS) is 10.7. The molecule has 2 aromatic rings. The lowest BCUT2D eigenvalue weighted by Crippen LogP contribution is -2.04. The van der Waals surface area contributed by atoms with Gasteiger partial charge in [0.2, 0.25) is 0 Å². The highest BCUT2D eigenvalue weighted by atomic mass is 79.9. The molecule has 7 heteroatoms. The number of hydrogen-bond acceptors (Lipinski definition) is 3. The summed E-state index contributed by atoms with van der Waals surface area (Å²) in [5.41, 5.74) is 1.34. The average molecular weight is 314 g/mol. The van der Waals surface area contributed by atoms with E-state index in [1.807, 2.05) is 0 Å². The van der Waals surface area contributed by atoms with E-state index in [0.717, 1.165) is 12.1 Å². The fraction of sp³-hybridized carbons (Fsp3) is 0.182. The van der Waals surface area contributed by atoms with Crippen LogP contribution in [-0.4, -0.2) is 14.7 Å². The molecule has 0 N–H and O–H groups in total. The van der Waals surface area contributed by atoms with E-state index in [4.69, 9.17) is 0 Å². The van der Waals surface area contributed by atoms with Gasteiger partial charge in [0, 0.05) is 17.8 Å². The Bertz CT molecular complexity index is 639. The highest BCUT2D eigenvalue weighted by Crippen LogP contribution is 2.29. The summed E-state index contributed by atoms with van der Waals surface area (Å²) in [6, 6.07) is 4.01. The molecule has 2 rings (SSSR count). The number of halogens is 2. The molecule has 18 heavy (non-hydrogen) atoms. The van der Waals surface area contributed by atoms with Crippen molar-refractivity contribution in [3.05, 3.63) is 50.0 Å². The van der Waals surface area contributed by atoms with Gasteiger partial charge in [-0.05, 0) is 35.8 Å². The number of aromatic nitrogens is 2. The Kier molecular flexibility index (Phi) is 3.16. The molecule has 5 nitrogen and oxygen atoms in total. The van der Waals surface area contributed by atoms with E-state index in [2.05, 4.69) is 21.0 Å². The lowest BCUT2D eigenvalue weighted by molar-refractivity contribution is -0.384. The van der Waals surface area contributed by atoms with Gasteiger partial charge in [0.1, 0.15) is 11.5 Å². The number of rotatable bonds is 2. The topological polar surface area (TPSA) is 61.0 Å². The van der Waals surface area contributed by atoms with Crippen LogP contribution in [-0.2, 0) is 0 Å². The Morgan fingerprint density at radius 3 is 2.56 bits per heavy atom. The molecule has 0 unspecified atom stereocenters. The molecule has 0 atom stereocenters. The zero-order valence-corrected chi connectivity index (χ0v) is 11.2. The first-order valence-electron chi connectivity index (χ1n) is 5.07. The van der Waals surface area contributed by atoms with Gasteiger partial charge in [-0.15, -0.1) is 0 Å². The molecular formula is C11H9BrFN3O2. The van der Waals surface area contributed by atoms with Crippen LogP contribution < -0.4 is 0 Å². The summed E-state index contributed by atoms with van der Waals surface area (Å²) in [5.74, 6) is -0.567. The van der Waals surface area contributed by atoms with Crippen molar-refractivity contribution in [3.8, 4) is 5.69 Å². The number of hydrogen-bond donors (Lipinski definition) is 0. The van der Waals surface area contributed by atoms with Crippen molar-refractivity contribution < 1.29 is 9.31 Å². The number of aryl methyl sites for hydroxylation is 2. The van der Waals surface area contributed by atoms with Gasteiger partial charge < -0.3 is 0 Å². The number of nitrogens with zero attached hydrogens (tertiary/aromatic N) is 3. The summed E-state index contributed by atoms with van der Waals surface area (Å²) in [6.45, 7) is 3.52. The minimum atomic E-state index is -0.567. The van der Waals surface area contributed by atoms with Gasteiger partial charge in [0.15, 0.2) is 0 Å². The Labute approximate surface area is 111 Å². The first-order chi connectivity index (χ1) is 8.40. The molecule has 0 fully saturated rings. The quantitative estimate of drug-likeness (QED) is 0.631. The smallest absolute Gasteiger partial charge is 0.258 e. The summed E-state index contributed by atoms with van der Waals surface area (Å²) in [6.07, 6.45) is 0. The van der Waals surface area contributed by atoms with Crippen molar-refractivity contribution in [3.63, 3.8) is 0 Å². The third-order valence-corrected chi connectivity index (χ3v) is 3.06. The van der Waals surface area contributed by atoms with E-state index in [9.17, 15) is 14.5 Å². The lowest BCUT2D eigenvalue weighted by Gasteiger charge is -2.06. The van der Waals surface area contributed by atoms with E-state index in [0.29, 0.717) is 11.4 Å². The zero-order chi connectivity index (χ0) is 13.4. The van der Waals surface area contributed by atoms with E-state index in [-0.39, 0.29) is 15.8 Å². The van der Waals surface area contributed by atoms with Crippen molar-refractivity contribution in [1.82, 2.24) is 9.78 Å². The molecular weight excluding hydrogens is 305 g/mol. The van der Waals surface area contributed by atoms with Gasteiger partial charge in [-0.1, -0.05) is 0 Å². The van der Waals surface area contributed by atoms with E-state index in [1.54, 1.807) is 19.9 Å². The van der Waals surface area contributed by atoms with E-state index >= 15 is 0 Å². The van der Waals surface area contributed by atoms with Crippen LogP contribution >= 0.6 is 15.9 Å². The van der Waals surface area contributed by atoms with Gasteiger partial charge >= 0.3 is 0 Å². The molecule has 0 spiro atoms. The maximum atomic E-state index is 13.5. The first-order valence-corrected chi connectivity index (χ1v) is 5.86. The summed E-state index contributed by atoms with van der Waals surface area (Å²) >= 11 is 2.94. The molecule has 0 aliphatic carbocycles. The van der Waals surface area contributed by atoms with Gasteiger partial charge in [-0.25, -0.2) is 9.07 Å². The largest absolute Gasteiger partial charge is 0.296 e. The van der Waals surface area contributed by atoms with Crippen molar-refractivity contribution in [2.75, 3.05) is 0 Å². The third kappa shape index (κ3) is 2.13. The van der Waals surface area contributed by atoms with Crippen molar-refractivity contribution in [2.24, 2.45) is 0 Å². The standard InChI is InChI=1S/C11H9BrFN3O2/c1-6-3-7(2)15(14-6)10-5-9(13)8(12)4-11(10)16(17)18/h3-5H,1-2H3. The van der Waals surface area contributed by atoms with Crippen molar-refractivity contribution in [2.45, 2.75) is 13.8 Å². The molecule has 1 heterocycles. The first kappa shape index (κ1) is 12.7. The van der Waals surface area contributed by atoms with E-state index in [1.165, 1.54) is 4.68 Å². The van der Waals surface area contributed by atoms with Crippen LogP contribution in [0, 0.1) is 29.8 Å². The predicted octanol–water partition coefficient (Wildman–Crippen LogP) is 3.30. The monoisotopic (exact) mass is 313 g/mol. The molecule has 0 bridgehead atoms. The molecule has 0 aliphatic rings. The zero-order valence-electron chi connectivity index (χ0n) is 9.65. The Morgan fingerprint density at radius 2 is 2.06 bits per heavy atom. The Balaban J connectivity index is 2.73. The van der Waals surface area contributed by atoms with Crippen LogP contribution in [0.25, 0.3) is 5.69 Å². The summed E-state index contributed by atoms with van der Waals surface area (Å²) in [5, 5.41) is 15.1. The number of benzene rings is 1. The second-order valence-electron chi connectivity index (χ2n) is 3.85. The maximum absolute atomic E-state index is 13.5. The highest BCUT2D eigenvalue weighted by Gasteiger charge is 2.20. The summed E-state index contributed by atoms with van der Waals surface area (Å²) < 4.78 is 15.0.